The van der Waals surface area contributed by atoms with Gasteiger partial charge >= 0.3 is 0 Å². The highest BCUT2D eigenvalue weighted by molar-refractivity contribution is 6.11. The van der Waals surface area contributed by atoms with E-state index in [0.29, 0.717) is 11.1 Å². The number of rotatable bonds is 3. The smallest absolute Gasteiger partial charge is 0.205 e. The number of nitriles is 1. The maximum atomic E-state index is 12.3. The van der Waals surface area contributed by atoms with Crippen LogP contribution in [-0.2, 0) is 0 Å². The maximum absolute atomic E-state index is 12.3. The molecule has 0 aromatic heterocycles. The van der Waals surface area contributed by atoms with Gasteiger partial charge in [0, 0.05) is 24.4 Å². The van der Waals surface area contributed by atoms with Gasteiger partial charge in [0.2, 0.25) is 5.78 Å². The molecule has 1 heterocycles. The second-order valence-corrected chi connectivity index (χ2v) is 4.31. The van der Waals surface area contributed by atoms with Gasteiger partial charge in [-0.2, -0.15) is 5.26 Å². The summed E-state index contributed by atoms with van der Waals surface area (Å²) < 4.78 is 0. The largest absolute Gasteiger partial charge is 0.374 e. The minimum Gasteiger partial charge on any atom is -0.374 e. The first kappa shape index (κ1) is 12.4. The number of carbonyl (C=O) groups excluding carboxylic acids is 1. The summed E-state index contributed by atoms with van der Waals surface area (Å²) in [6.45, 7) is 3.84. The van der Waals surface area contributed by atoms with Gasteiger partial charge in [-0.1, -0.05) is 30.3 Å². The molecule has 0 unspecified atom stereocenters. The first-order valence-corrected chi connectivity index (χ1v) is 6.26. The molecule has 3 nitrogen and oxygen atoms in total. The molecule has 0 N–H and O–H groups in total. The molecule has 1 aliphatic heterocycles. The number of Topliss-reactive ketones (excluding diaryl/α,β-unsaturated/α-hetero) is 1. The predicted octanol–water partition coefficient (Wildman–Crippen LogP) is 2.76. The topological polar surface area (TPSA) is 44.1 Å². The lowest BCUT2D eigenvalue weighted by molar-refractivity contribution is 0.103. The Bertz CT molecular complexity index is 511. The lowest BCUT2D eigenvalue weighted by atomic mass is 10.0. The molecule has 2 rings (SSSR count). The number of hydrogen-bond donors (Lipinski definition) is 0. The van der Waals surface area contributed by atoms with Crippen LogP contribution in [0.15, 0.2) is 41.6 Å². The summed E-state index contributed by atoms with van der Waals surface area (Å²) in [5, 5.41) is 9.28. The van der Waals surface area contributed by atoms with E-state index in [1.807, 2.05) is 25.1 Å². The number of hydrogen-bond acceptors (Lipinski definition) is 3. The molecule has 0 spiro atoms. The van der Waals surface area contributed by atoms with Crippen LogP contribution in [0.4, 0.5) is 0 Å². The van der Waals surface area contributed by atoms with E-state index < -0.39 is 0 Å². The van der Waals surface area contributed by atoms with Crippen molar-refractivity contribution < 1.29 is 4.79 Å². The minimum absolute atomic E-state index is 0.159. The lowest BCUT2D eigenvalue weighted by Gasteiger charge is -2.18. The highest BCUT2D eigenvalue weighted by atomic mass is 16.1. The molecular weight excluding hydrogens is 224 g/mol. The first-order chi connectivity index (χ1) is 8.77. The van der Waals surface area contributed by atoms with Crippen LogP contribution in [0.5, 0.6) is 0 Å². The SMILES string of the molecule is CCN1CCC/C1=C(/C#N)C(=O)c1ccccc1. The summed E-state index contributed by atoms with van der Waals surface area (Å²) >= 11 is 0. The quantitative estimate of drug-likeness (QED) is 0.463. The fourth-order valence-electron chi connectivity index (χ4n) is 2.34. The molecule has 1 saturated heterocycles. The van der Waals surface area contributed by atoms with Crippen LogP contribution < -0.4 is 0 Å². The van der Waals surface area contributed by atoms with Gasteiger partial charge in [0.25, 0.3) is 0 Å². The Morgan fingerprint density at radius 2 is 2.11 bits per heavy atom. The molecule has 1 fully saturated rings. The Labute approximate surface area is 107 Å². The van der Waals surface area contributed by atoms with Crippen molar-refractivity contribution in [3.8, 4) is 6.07 Å². The Kier molecular flexibility index (Phi) is 3.78. The highest BCUT2D eigenvalue weighted by Crippen LogP contribution is 2.25. The summed E-state index contributed by atoms with van der Waals surface area (Å²) in [6, 6.07) is 11.1. The van der Waals surface area contributed by atoms with E-state index in [1.165, 1.54) is 0 Å². The third kappa shape index (κ3) is 2.28. The van der Waals surface area contributed by atoms with Crippen molar-refractivity contribution in [3.63, 3.8) is 0 Å². The molecule has 1 aromatic rings. The van der Waals surface area contributed by atoms with Crippen molar-refractivity contribution >= 4 is 5.78 Å². The molecule has 1 aromatic carbocycles. The summed E-state index contributed by atoms with van der Waals surface area (Å²) in [5.74, 6) is -0.159. The monoisotopic (exact) mass is 240 g/mol. The van der Waals surface area contributed by atoms with Crippen LogP contribution in [0.3, 0.4) is 0 Å². The normalized spacial score (nSPS) is 17.4. The van der Waals surface area contributed by atoms with Crippen molar-refractivity contribution in [2.75, 3.05) is 13.1 Å². The van der Waals surface area contributed by atoms with Crippen molar-refractivity contribution in [2.24, 2.45) is 0 Å². The summed E-state index contributed by atoms with van der Waals surface area (Å²) in [5.41, 5.74) is 1.80. The van der Waals surface area contributed by atoms with Crippen molar-refractivity contribution in [1.82, 2.24) is 4.90 Å². The molecule has 0 amide bonds. The highest BCUT2D eigenvalue weighted by Gasteiger charge is 2.24. The van der Waals surface area contributed by atoms with Gasteiger partial charge in [-0.15, -0.1) is 0 Å². The molecule has 0 radical (unpaired) electrons. The second kappa shape index (κ2) is 5.50. The predicted molar refractivity (Wildman–Crippen MR) is 69.9 cm³/mol. The van der Waals surface area contributed by atoms with E-state index in [2.05, 4.69) is 11.0 Å². The van der Waals surface area contributed by atoms with E-state index >= 15 is 0 Å². The van der Waals surface area contributed by atoms with E-state index in [9.17, 15) is 10.1 Å². The number of ketones is 1. The average Bonchev–Trinajstić information content (AvgIpc) is 2.89. The van der Waals surface area contributed by atoms with E-state index in [-0.39, 0.29) is 5.78 Å². The molecule has 0 atom stereocenters. The zero-order chi connectivity index (χ0) is 13.0. The van der Waals surface area contributed by atoms with Gasteiger partial charge in [-0.3, -0.25) is 4.79 Å². The van der Waals surface area contributed by atoms with E-state index in [1.54, 1.807) is 12.1 Å². The van der Waals surface area contributed by atoms with Gasteiger partial charge in [-0.25, -0.2) is 0 Å². The van der Waals surface area contributed by atoms with Crippen LogP contribution in [0, 0.1) is 11.3 Å². The molecule has 3 heteroatoms. The number of carbonyl (C=O) groups is 1. The van der Waals surface area contributed by atoms with Crippen LogP contribution in [-0.4, -0.2) is 23.8 Å². The van der Waals surface area contributed by atoms with Gasteiger partial charge in [0.1, 0.15) is 11.6 Å². The number of nitrogens with zero attached hydrogens (tertiary/aromatic N) is 2. The first-order valence-electron chi connectivity index (χ1n) is 6.26. The second-order valence-electron chi connectivity index (χ2n) is 4.31. The van der Waals surface area contributed by atoms with E-state index in [0.717, 1.165) is 31.6 Å². The molecule has 0 aliphatic carbocycles. The zero-order valence-corrected chi connectivity index (χ0v) is 10.5. The lowest BCUT2D eigenvalue weighted by Crippen LogP contribution is -2.20. The molecule has 92 valence electrons. The van der Waals surface area contributed by atoms with E-state index in [4.69, 9.17) is 0 Å². The van der Waals surface area contributed by atoms with Crippen molar-refractivity contribution in [1.29, 1.82) is 5.26 Å². The van der Waals surface area contributed by atoms with Crippen LogP contribution in [0.1, 0.15) is 30.1 Å². The zero-order valence-electron chi connectivity index (χ0n) is 10.5. The Morgan fingerprint density at radius 3 is 2.72 bits per heavy atom. The van der Waals surface area contributed by atoms with Gasteiger partial charge in [-0.05, 0) is 19.8 Å². The number of allylic oxidation sites excluding steroid dienone is 2. The average molecular weight is 240 g/mol. The maximum Gasteiger partial charge on any atom is 0.205 e. The molecule has 0 saturated carbocycles. The third-order valence-corrected chi connectivity index (χ3v) is 3.27. The number of benzene rings is 1. The number of likely N-dealkylation sites (tertiary alicyclic amines) is 1. The Balaban J connectivity index is 2.38. The van der Waals surface area contributed by atoms with Gasteiger partial charge < -0.3 is 4.90 Å². The summed E-state index contributed by atoms with van der Waals surface area (Å²) in [7, 11) is 0. The van der Waals surface area contributed by atoms with Crippen LogP contribution in [0.25, 0.3) is 0 Å². The standard InChI is InChI=1S/C15H16N2O/c1-2-17-10-6-9-14(17)13(11-16)15(18)12-7-4-3-5-8-12/h3-5,7-8H,2,6,9-10H2,1H3/b14-13+. The fraction of sp³-hybridized carbons (Fsp3) is 0.333. The fourth-order valence-corrected chi connectivity index (χ4v) is 2.34. The van der Waals surface area contributed by atoms with Gasteiger partial charge in [0.05, 0.1) is 0 Å². The van der Waals surface area contributed by atoms with Crippen molar-refractivity contribution in [2.45, 2.75) is 19.8 Å². The molecule has 18 heavy (non-hydrogen) atoms. The van der Waals surface area contributed by atoms with Crippen LogP contribution >= 0.6 is 0 Å². The third-order valence-electron chi connectivity index (χ3n) is 3.27. The minimum atomic E-state index is -0.159. The van der Waals surface area contributed by atoms with Crippen LogP contribution in [0.2, 0.25) is 0 Å². The summed E-state index contributed by atoms with van der Waals surface area (Å²) in [4.78, 5) is 14.4. The molecule has 0 bridgehead atoms. The molecule has 1 aliphatic rings. The Morgan fingerprint density at radius 1 is 1.39 bits per heavy atom. The van der Waals surface area contributed by atoms with Gasteiger partial charge in [0.15, 0.2) is 0 Å². The molecular formula is C15H16N2O. The summed E-state index contributed by atoms with van der Waals surface area (Å²) in [6.07, 6.45) is 1.85. The Hall–Kier alpha value is -2.08. The van der Waals surface area contributed by atoms with Crippen molar-refractivity contribution in [3.05, 3.63) is 47.2 Å².